The van der Waals surface area contributed by atoms with Gasteiger partial charge in [-0.1, -0.05) is 41.5 Å². The Morgan fingerprint density at radius 2 is 1.06 bits per heavy atom. The van der Waals surface area contributed by atoms with Gasteiger partial charge in [-0.2, -0.15) is 0 Å². The Bertz CT molecular complexity index is 216. The standard InChI is InChI=1S/C16H30/c1-9(2)13-7-11(5)15-12(6)8-14(10(3)4)16(13)15/h9-16H,7-8H2,1-6H3. The molecule has 0 aromatic carbocycles. The summed E-state index contributed by atoms with van der Waals surface area (Å²) in [7, 11) is 0. The quantitative estimate of drug-likeness (QED) is 0.627. The third-order valence-electron chi connectivity index (χ3n) is 5.75. The van der Waals surface area contributed by atoms with Gasteiger partial charge in [-0.05, 0) is 60.2 Å². The van der Waals surface area contributed by atoms with Gasteiger partial charge in [-0.25, -0.2) is 0 Å². The molecular formula is C16H30. The highest BCUT2D eigenvalue weighted by atomic mass is 14.6. The van der Waals surface area contributed by atoms with Crippen molar-refractivity contribution in [3.8, 4) is 0 Å². The Hall–Kier alpha value is 0. The lowest BCUT2D eigenvalue weighted by molar-refractivity contribution is 0.176. The normalized spacial score (nSPS) is 48.0. The summed E-state index contributed by atoms with van der Waals surface area (Å²) in [6.45, 7) is 14.8. The van der Waals surface area contributed by atoms with Gasteiger partial charge >= 0.3 is 0 Å². The van der Waals surface area contributed by atoms with E-state index in [1.807, 2.05) is 0 Å². The van der Waals surface area contributed by atoms with Crippen molar-refractivity contribution in [3.05, 3.63) is 0 Å². The second-order valence-electron chi connectivity index (χ2n) is 7.40. The Kier molecular flexibility index (Phi) is 3.39. The van der Waals surface area contributed by atoms with Crippen molar-refractivity contribution >= 4 is 0 Å². The summed E-state index contributed by atoms with van der Waals surface area (Å²) in [5, 5.41) is 0. The summed E-state index contributed by atoms with van der Waals surface area (Å²) in [5.74, 6) is 7.86. The predicted molar refractivity (Wildman–Crippen MR) is 71.2 cm³/mol. The van der Waals surface area contributed by atoms with Crippen LogP contribution in [0.1, 0.15) is 54.4 Å². The highest BCUT2D eigenvalue weighted by Crippen LogP contribution is 2.59. The molecule has 2 aliphatic rings. The summed E-state index contributed by atoms with van der Waals surface area (Å²) in [6, 6.07) is 0. The van der Waals surface area contributed by atoms with Gasteiger partial charge in [0.15, 0.2) is 0 Å². The fourth-order valence-electron chi connectivity index (χ4n) is 5.13. The topological polar surface area (TPSA) is 0 Å². The molecule has 2 rings (SSSR count). The average molecular weight is 222 g/mol. The van der Waals surface area contributed by atoms with Crippen LogP contribution in [0.4, 0.5) is 0 Å². The molecule has 0 radical (unpaired) electrons. The van der Waals surface area contributed by atoms with Crippen LogP contribution >= 0.6 is 0 Å². The second kappa shape index (κ2) is 4.35. The maximum Gasteiger partial charge on any atom is -0.0319 e. The third-order valence-corrected chi connectivity index (χ3v) is 5.75. The molecule has 0 nitrogen and oxygen atoms in total. The molecule has 0 heteroatoms. The minimum absolute atomic E-state index is 0.893. The molecule has 0 N–H and O–H groups in total. The van der Waals surface area contributed by atoms with Crippen LogP contribution in [0.2, 0.25) is 0 Å². The smallest absolute Gasteiger partial charge is 0.0319 e. The van der Waals surface area contributed by atoms with Gasteiger partial charge in [-0.3, -0.25) is 0 Å². The SMILES string of the molecule is CC(C)C1CC(C)C2C(C)CC(C(C)C)C12. The van der Waals surface area contributed by atoms with Crippen LogP contribution in [0.3, 0.4) is 0 Å². The van der Waals surface area contributed by atoms with Crippen LogP contribution in [0.15, 0.2) is 0 Å². The molecule has 16 heavy (non-hydrogen) atoms. The van der Waals surface area contributed by atoms with Crippen LogP contribution in [-0.4, -0.2) is 0 Å². The molecule has 0 bridgehead atoms. The van der Waals surface area contributed by atoms with E-state index in [1.54, 1.807) is 0 Å². The van der Waals surface area contributed by atoms with Gasteiger partial charge in [0, 0.05) is 0 Å². The number of hydrogen-bond donors (Lipinski definition) is 0. The number of rotatable bonds is 2. The van der Waals surface area contributed by atoms with E-state index in [-0.39, 0.29) is 0 Å². The molecule has 0 amide bonds. The van der Waals surface area contributed by atoms with Crippen LogP contribution in [-0.2, 0) is 0 Å². The zero-order valence-corrected chi connectivity index (χ0v) is 12.0. The van der Waals surface area contributed by atoms with Crippen LogP contribution < -0.4 is 0 Å². The maximum atomic E-state index is 2.51. The lowest BCUT2D eigenvalue weighted by Gasteiger charge is -2.30. The van der Waals surface area contributed by atoms with Crippen LogP contribution in [0.25, 0.3) is 0 Å². The van der Waals surface area contributed by atoms with Gasteiger partial charge in [-0.15, -0.1) is 0 Å². The fraction of sp³-hybridized carbons (Fsp3) is 1.00. The Labute approximate surface area is 102 Å². The Morgan fingerprint density at radius 1 is 0.688 bits per heavy atom. The molecule has 2 fully saturated rings. The first-order chi connectivity index (χ1) is 7.43. The summed E-state index contributed by atoms with van der Waals surface area (Å²) >= 11 is 0. The molecular weight excluding hydrogens is 192 g/mol. The molecule has 0 spiro atoms. The molecule has 2 saturated carbocycles. The van der Waals surface area contributed by atoms with Crippen molar-refractivity contribution < 1.29 is 0 Å². The minimum Gasteiger partial charge on any atom is -0.0625 e. The fourth-order valence-corrected chi connectivity index (χ4v) is 5.13. The number of fused-ring (bicyclic) bond motifs is 1. The molecule has 0 aromatic heterocycles. The molecule has 0 saturated heterocycles. The maximum absolute atomic E-state index is 2.51. The zero-order chi connectivity index (χ0) is 12.0. The molecule has 0 heterocycles. The van der Waals surface area contributed by atoms with Gasteiger partial charge in [0.25, 0.3) is 0 Å². The van der Waals surface area contributed by atoms with E-state index >= 15 is 0 Å². The molecule has 94 valence electrons. The van der Waals surface area contributed by atoms with Crippen molar-refractivity contribution in [2.75, 3.05) is 0 Å². The molecule has 0 aliphatic heterocycles. The first kappa shape index (κ1) is 12.5. The van der Waals surface area contributed by atoms with Crippen molar-refractivity contribution in [3.63, 3.8) is 0 Å². The number of hydrogen-bond acceptors (Lipinski definition) is 0. The Balaban J connectivity index is 2.24. The lowest BCUT2D eigenvalue weighted by Crippen LogP contribution is -2.25. The molecule has 2 aliphatic carbocycles. The summed E-state index contributed by atoms with van der Waals surface area (Å²) < 4.78 is 0. The highest BCUT2D eigenvalue weighted by molar-refractivity contribution is 5.01. The Morgan fingerprint density at radius 3 is 1.38 bits per heavy atom. The van der Waals surface area contributed by atoms with Gasteiger partial charge in [0.05, 0.1) is 0 Å². The predicted octanol–water partition coefficient (Wildman–Crippen LogP) is 4.84. The zero-order valence-electron chi connectivity index (χ0n) is 12.0. The van der Waals surface area contributed by atoms with Crippen molar-refractivity contribution in [2.24, 2.45) is 47.3 Å². The summed E-state index contributed by atoms with van der Waals surface area (Å²) in [5.41, 5.74) is 0. The van der Waals surface area contributed by atoms with Crippen molar-refractivity contribution in [2.45, 2.75) is 54.4 Å². The van der Waals surface area contributed by atoms with E-state index in [2.05, 4.69) is 41.5 Å². The molecule has 0 aromatic rings. The first-order valence-corrected chi connectivity index (χ1v) is 7.43. The van der Waals surface area contributed by atoms with Crippen LogP contribution in [0.5, 0.6) is 0 Å². The van der Waals surface area contributed by atoms with E-state index < -0.39 is 0 Å². The van der Waals surface area contributed by atoms with E-state index in [4.69, 9.17) is 0 Å². The average Bonchev–Trinajstić information content (AvgIpc) is 2.67. The summed E-state index contributed by atoms with van der Waals surface area (Å²) in [4.78, 5) is 0. The van der Waals surface area contributed by atoms with Gasteiger partial charge in [0.2, 0.25) is 0 Å². The van der Waals surface area contributed by atoms with E-state index in [1.165, 1.54) is 12.8 Å². The molecule has 4 unspecified atom stereocenters. The third kappa shape index (κ3) is 1.83. The minimum atomic E-state index is 0.893. The lowest BCUT2D eigenvalue weighted by atomic mass is 9.75. The summed E-state index contributed by atoms with van der Waals surface area (Å²) in [6.07, 6.45) is 3.00. The van der Waals surface area contributed by atoms with Gasteiger partial charge < -0.3 is 0 Å². The largest absolute Gasteiger partial charge is 0.0625 e. The highest BCUT2D eigenvalue weighted by Gasteiger charge is 2.52. The van der Waals surface area contributed by atoms with Gasteiger partial charge in [0.1, 0.15) is 0 Å². The van der Waals surface area contributed by atoms with E-state index in [9.17, 15) is 0 Å². The van der Waals surface area contributed by atoms with E-state index in [0.717, 1.165) is 47.3 Å². The van der Waals surface area contributed by atoms with Crippen molar-refractivity contribution in [1.82, 2.24) is 0 Å². The van der Waals surface area contributed by atoms with Crippen LogP contribution in [0, 0.1) is 47.3 Å². The van der Waals surface area contributed by atoms with Crippen molar-refractivity contribution in [1.29, 1.82) is 0 Å². The van der Waals surface area contributed by atoms with E-state index in [0.29, 0.717) is 0 Å². The first-order valence-electron chi connectivity index (χ1n) is 7.43. The molecule has 4 atom stereocenters. The monoisotopic (exact) mass is 222 g/mol. The second-order valence-corrected chi connectivity index (χ2v) is 7.40.